The van der Waals surface area contributed by atoms with Gasteiger partial charge in [-0.2, -0.15) is 0 Å². The van der Waals surface area contributed by atoms with Crippen LogP contribution in [0.25, 0.3) is 6.08 Å². The lowest BCUT2D eigenvalue weighted by molar-refractivity contribution is -0.139. The van der Waals surface area contributed by atoms with Gasteiger partial charge in [0.05, 0.1) is 35.1 Å². The van der Waals surface area contributed by atoms with Crippen molar-refractivity contribution in [3.63, 3.8) is 0 Å². The molecule has 1 atom stereocenters. The van der Waals surface area contributed by atoms with Gasteiger partial charge in [-0.1, -0.05) is 67.6 Å². The average molecular weight is 477 g/mol. The maximum Gasteiger partial charge on any atom is 0.338 e. The summed E-state index contributed by atoms with van der Waals surface area (Å²) in [7, 11) is 0. The van der Waals surface area contributed by atoms with Crippen molar-refractivity contribution >= 4 is 23.4 Å². The fraction of sp³-hybridized carbons (Fsp3) is 0.296. The van der Waals surface area contributed by atoms with Crippen molar-refractivity contribution in [2.45, 2.75) is 33.7 Å². The summed E-state index contributed by atoms with van der Waals surface area (Å²) < 4.78 is 13.2. The van der Waals surface area contributed by atoms with E-state index in [9.17, 15) is 9.59 Å². The summed E-state index contributed by atoms with van der Waals surface area (Å²) in [5.41, 5.74) is 2.48. The van der Waals surface area contributed by atoms with Gasteiger partial charge in [0.15, 0.2) is 4.80 Å². The van der Waals surface area contributed by atoms with E-state index in [4.69, 9.17) is 9.47 Å². The predicted molar refractivity (Wildman–Crippen MR) is 134 cm³/mol. The second kappa shape index (κ2) is 10.2. The average Bonchev–Trinajstić information content (AvgIpc) is 3.12. The van der Waals surface area contributed by atoms with Crippen molar-refractivity contribution in [3.05, 3.63) is 96.7 Å². The van der Waals surface area contributed by atoms with Crippen LogP contribution in [0.4, 0.5) is 0 Å². The molecule has 6 nitrogen and oxygen atoms in total. The number of carbonyl (C=O) groups is 1. The molecule has 0 N–H and O–H groups in total. The summed E-state index contributed by atoms with van der Waals surface area (Å²) in [4.78, 5) is 31.6. The maximum atomic E-state index is 13.6. The SMILES string of the molecule is CCOC(=O)C1=C(C)N=c2s/c(=C/c3ccc(OCC(C)C)cc3)c(=O)n2[C@@H]1c1ccccc1. The van der Waals surface area contributed by atoms with Gasteiger partial charge in [-0.3, -0.25) is 9.36 Å². The highest BCUT2D eigenvalue weighted by Gasteiger charge is 2.33. The molecular weight excluding hydrogens is 448 g/mol. The summed E-state index contributed by atoms with van der Waals surface area (Å²) in [6.07, 6.45) is 1.85. The van der Waals surface area contributed by atoms with Crippen molar-refractivity contribution in [3.8, 4) is 5.75 Å². The van der Waals surface area contributed by atoms with Crippen LogP contribution in [0.15, 0.2) is 75.7 Å². The molecule has 0 saturated heterocycles. The molecule has 0 bridgehead atoms. The van der Waals surface area contributed by atoms with E-state index < -0.39 is 12.0 Å². The first-order valence-corrected chi connectivity index (χ1v) is 12.2. The molecule has 1 aliphatic rings. The number of nitrogens with zero attached hydrogens (tertiary/aromatic N) is 2. The third-order valence-corrected chi connectivity index (χ3v) is 6.38. The Morgan fingerprint density at radius 2 is 1.85 bits per heavy atom. The van der Waals surface area contributed by atoms with Crippen LogP contribution >= 0.6 is 11.3 Å². The number of hydrogen-bond acceptors (Lipinski definition) is 6. The van der Waals surface area contributed by atoms with Gasteiger partial charge in [-0.15, -0.1) is 0 Å². The second-order valence-corrected chi connectivity index (χ2v) is 9.50. The number of hydrogen-bond donors (Lipinski definition) is 0. The highest BCUT2D eigenvalue weighted by Crippen LogP contribution is 2.30. The topological polar surface area (TPSA) is 69.9 Å². The molecule has 0 fully saturated rings. The molecule has 2 aromatic carbocycles. The van der Waals surface area contributed by atoms with Gasteiger partial charge in [0.2, 0.25) is 0 Å². The molecule has 176 valence electrons. The second-order valence-electron chi connectivity index (χ2n) is 8.49. The van der Waals surface area contributed by atoms with Crippen molar-refractivity contribution < 1.29 is 14.3 Å². The summed E-state index contributed by atoms with van der Waals surface area (Å²) in [6.45, 7) is 8.66. The summed E-state index contributed by atoms with van der Waals surface area (Å²) in [5, 5.41) is 0. The van der Waals surface area contributed by atoms with Crippen LogP contribution in [0, 0.1) is 5.92 Å². The molecule has 4 rings (SSSR count). The Hall–Kier alpha value is -3.45. The zero-order valence-corrected chi connectivity index (χ0v) is 20.6. The number of thiazole rings is 1. The van der Waals surface area contributed by atoms with Crippen molar-refractivity contribution in [1.29, 1.82) is 0 Å². The van der Waals surface area contributed by atoms with E-state index in [1.165, 1.54) is 11.3 Å². The molecule has 34 heavy (non-hydrogen) atoms. The Kier molecular flexibility index (Phi) is 7.12. The minimum atomic E-state index is -0.592. The fourth-order valence-corrected chi connectivity index (χ4v) is 4.86. The van der Waals surface area contributed by atoms with Crippen LogP contribution in [0.2, 0.25) is 0 Å². The number of esters is 1. The molecule has 0 saturated carbocycles. The standard InChI is InChI=1S/C27H28N2O4S/c1-5-32-26(31)23-18(4)28-27-29(24(23)20-9-7-6-8-10-20)25(30)22(34-27)15-19-11-13-21(14-12-19)33-16-17(2)3/h6-15,17,24H,5,16H2,1-4H3/b22-15+/t24-/m1/s1. The van der Waals surface area contributed by atoms with Gasteiger partial charge in [0, 0.05) is 0 Å². The largest absolute Gasteiger partial charge is 0.493 e. The first-order valence-electron chi connectivity index (χ1n) is 11.4. The number of fused-ring (bicyclic) bond motifs is 1. The molecule has 0 radical (unpaired) electrons. The highest BCUT2D eigenvalue weighted by atomic mass is 32.1. The summed E-state index contributed by atoms with van der Waals surface area (Å²) >= 11 is 1.32. The molecular formula is C27H28N2O4S. The fourth-order valence-electron chi connectivity index (χ4n) is 3.82. The number of allylic oxidation sites excluding steroid dienone is 1. The lowest BCUT2D eigenvalue weighted by Gasteiger charge is -2.24. The third kappa shape index (κ3) is 4.89. The summed E-state index contributed by atoms with van der Waals surface area (Å²) in [5.74, 6) is 0.788. The molecule has 0 aliphatic carbocycles. The van der Waals surface area contributed by atoms with E-state index in [1.807, 2.05) is 60.7 Å². The lowest BCUT2D eigenvalue weighted by atomic mass is 9.96. The Balaban J connectivity index is 1.79. The normalized spacial score (nSPS) is 15.8. The quantitative estimate of drug-likeness (QED) is 0.486. The Bertz CT molecular complexity index is 1380. The van der Waals surface area contributed by atoms with Crippen molar-refractivity contribution in [1.82, 2.24) is 4.57 Å². The first kappa shape index (κ1) is 23.7. The van der Waals surface area contributed by atoms with Gasteiger partial charge < -0.3 is 9.47 Å². The molecule has 0 spiro atoms. The Labute approximate surface area is 202 Å². The molecule has 2 heterocycles. The van der Waals surface area contributed by atoms with E-state index in [0.717, 1.165) is 16.9 Å². The lowest BCUT2D eigenvalue weighted by Crippen LogP contribution is -2.39. The smallest absolute Gasteiger partial charge is 0.338 e. The third-order valence-electron chi connectivity index (χ3n) is 5.39. The Morgan fingerprint density at radius 3 is 2.50 bits per heavy atom. The van der Waals surface area contributed by atoms with Crippen LogP contribution in [0.3, 0.4) is 0 Å². The van der Waals surface area contributed by atoms with Crippen LogP contribution < -0.4 is 19.6 Å². The van der Waals surface area contributed by atoms with Crippen molar-refractivity contribution in [2.75, 3.05) is 13.2 Å². The van der Waals surface area contributed by atoms with Gasteiger partial charge >= 0.3 is 5.97 Å². The number of rotatable bonds is 7. The zero-order valence-electron chi connectivity index (χ0n) is 19.8. The minimum Gasteiger partial charge on any atom is -0.493 e. The maximum absolute atomic E-state index is 13.6. The first-order chi connectivity index (χ1) is 16.4. The van der Waals surface area contributed by atoms with E-state index >= 15 is 0 Å². The molecule has 1 aliphatic heterocycles. The van der Waals surface area contributed by atoms with Gasteiger partial charge in [0.25, 0.3) is 5.56 Å². The van der Waals surface area contributed by atoms with Crippen LogP contribution in [0.5, 0.6) is 5.75 Å². The number of benzene rings is 2. The monoisotopic (exact) mass is 476 g/mol. The summed E-state index contributed by atoms with van der Waals surface area (Å²) in [6, 6.07) is 16.6. The molecule has 0 unspecified atom stereocenters. The van der Waals surface area contributed by atoms with Crippen LogP contribution in [0.1, 0.15) is 44.9 Å². The van der Waals surface area contributed by atoms with E-state index in [1.54, 1.807) is 18.4 Å². The molecule has 0 amide bonds. The van der Waals surface area contributed by atoms with Gasteiger partial charge in [-0.05, 0) is 49.1 Å². The number of carbonyl (C=O) groups excluding carboxylic acids is 1. The number of aromatic nitrogens is 1. The van der Waals surface area contributed by atoms with Crippen LogP contribution in [-0.2, 0) is 9.53 Å². The predicted octanol–water partition coefficient (Wildman–Crippen LogP) is 3.83. The molecule has 1 aromatic heterocycles. The Morgan fingerprint density at radius 1 is 1.15 bits per heavy atom. The van der Waals surface area contributed by atoms with Crippen LogP contribution in [-0.4, -0.2) is 23.8 Å². The van der Waals surface area contributed by atoms with E-state index in [2.05, 4.69) is 18.8 Å². The molecule has 3 aromatic rings. The minimum absolute atomic E-state index is 0.188. The van der Waals surface area contributed by atoms with Gasteiger partial charge in [-0.25, -0.2) is 9.79 Å². The number of ether oxygens (including phenoxy) is 2. The zero-order chi connectivity index (χ0) is 24.2. The van der Waals surface area contributed by atoms with Gasteiger partial charge in [0.1, 0.15) is 5.75 Å². The van der Waals surface area contributed by atoms with E-state index in [-0.39, 0.29) is 12.2 Å². The molecule has 7 heteroatoms. The highest BCUT2D eigenvalue weighted by molar-refractivity contribution is 7.07. The van der Waals surface area contributed by atoms with E-state index in [0.29, 0.717) is 33.1 Å². The van der Waals surface area contributed by atoms with Crippen molar-refractivity contribution in [2.24, 2.45) is 10.9 Å².